The first-order chi connectivity index (χ1) is 7.17. The zero-order chi connectivity index (χ0) is 11.3. The fourth-order valence-electron chi connectivity index (χ4n) is 1.65. The summed E-state index contributed by atoms with van der Waals surface area (Å²) in [6, 6.07) is 5.48. The Kier molecular flexibility index (Phi) is 4.59. The Morgan fingerprint density at radius 1 is 1.27 bits per heavy atom. The third kappa shape index (κ3) is 3.53. The molecule has 1 aromatic rings. The normalized spacial score (nSPS) is 10.9. The first kappa shape index (κ1) is 12.0. The quantitative estimate of drug-likeness (QED) is 0.680. The predicted octanol–water partition coefficient (Wildman–Crippen LogP) is 1.17. The maximum atomic E-state index is 9.27. The van der Waals surface area contributed by atoms with Crippen LogP contribution >= 0.6 is 0 Å². The standard InChI is InChI=1S/C12H20N2O/c1-9-6-12(15)5-4-11(9)3-2-10(7-13)8-14/h4-6,10,15H,2-3,7-8,13-14H2,1H3. The molecule has 84 valence electrons. The lowest BCUT2D eigenvalue weighted by molar-refractivity contribution is 0.473. The molecule has 0 fully saturated rings. The van der Waals surface area contributed by atoms with Gasteiger partial charge in [0.1, 0.15) is 5.75 Å². The van der Waals surface area contributed by atoms with Crippen molar-refractivity contribution in [3.63, 3.8) is 0 Å². The number of aryl methyl sites for hydroxylation is 2. The zero-order valence-corrected chi connectivity index (χ0v) is 9.24. The van der Waals surface area contributed by atoms with Gasteiger partial charge in [-0.15, -0.1) is 0 Å². The summed E-state index contributed by atoms with van der Waals surface area (Å²) in [5.74, 6) is 0.726. The molecule has 0 unspecified atom stereocenters. The minimum absolute atomic E-state index is 0.324. The largest absolute Gasteiger partial charge is 0.508 e. The number of hydrogen-bond acceptors (Lipinski definition) is 3. The highest BCUT2D eigenvalue weighted by Gasteiger charge is 2.06. The minimum atomic E-state index is 0.324. The molecule has 0 saturated heterocycles. The molecule has 0 aliphatic heterocycles. The number of hydrogen-bond donors (Lipinski definition) is 3. The molecular weight excluding hydrogens is 188 g/mol. The van der Waals surface area contributed by atoms with Gasteiger partial charge in [-0.05, 0) is 62.0 Å². The van der Waals surface area contributed by atoms with E-state index in [2.05, 4.69) is 0 Å². The van der Waals surface area contributed by atoms with Crippen LogP contribution in [0.5, 0.6) is 5.75 Å². The van der Waals surface area contributed by atoms with E-state index >= 15 is 0 Å². The number of benzene rings is 1. The third-order valence-electron chi connectivity index (χ3n) is 2.81. The van der Waals surface area contributed by atoms with Crippen molar-refractivity contribution in [1.82, 2.24) is 0 Å². The van der Waals surface area contributed by atoms with Crippen LogP contribution in [0.15, 0.2) is 18.2 Å². The van der Waals surface area contributed by atoms with Crippen LogP contribution < -0.4 is 11.5 Å². The van der Waals surface area contributed by atoms with Crippen LogP contribution in [0.25, 0.3) is 0 Å². The van der Waals surface area contributed by atoms with Gasteiger partial charge in [-0.3, -0.25) is 0 Å². The highest BCUT2D eigenvalue weighted by Crippen LogP contribution is 2.18. The number of phenols is 1. The Morgan fingerprint density at radius 3 is 2.47 bits per heavy atom. The van der Waals surface area contributed by atoms with E-state index in [0.29, 0.717) is 24.8 Å². The lowest BCUT2D eigenvalue weighted by Crippen LogP contribution is -2.23. The van der Waals surface area contributed by atoms with E-state index in [1.165, 1.54) is 5.56 Å². The first-order valence-electron chi connectivity index (χ1n) is 5.36. The van der Waals surface area contributed by atoms with Gasteiger partial charge >= 0.3 is 0 Å². The molecule has 0 aliphatic rings. The Balaban J connectivity index is 2.57. The molecule has 0 amide bonds. The Bertz CT molecular complexity index is 308. The molecule has 5 N–H and O–H groups in total. The molecule has 3 nitrogen and oxygen atoms in total. The summed E-state index contributed by atoms with van der Waals surface area (Å²) in [5, 5.41) is 9.27. The van der Waals surface area contributed by atoms with Crippen molar-refractivity contribution in [2.45, 2.75) is 19.8 Å². The van der Waals surface area contributed by atoms with Crippen LogP contribution in [0.4, 0.5) is 0 Å². The first-order valence-corrected chi connectivity index (χ1v) is 5.36. The molecule has 0 aromatic heterocycles. The average Bonchev–Trinajstić information content (AvgIpc) is 2.22. The summed E-state index contributed by atoms with van der Waals surface area (Å²) in [5.41, 5.74) is 13.6. The van der Waals surface area contributed by atoms with Crippen molar-refractivity contribution in [2.75, 3.05) is 13.1 Å². The molecule has 0 bridgehead atoms. The zero-order valence-electron chi connectivity index (χ0n) is 9.24. The van der Waals surface area contributed by atoms with E-state index in [9.17, 15) is 5.11 Å². The number of rotatable bonds is 5. The molecule has 1 aromatic carbocycles. The second kappa shape index (κ2) is 5.73. The maximum Gasteiger partial charge on any atom is 0.115 e. The van der Waals surface area contributed by atoms with E-state index in [0.717, 1.165) is 18.4 Å². The number of phenolic OH excluding ortho intramolecular Hbond substituents is 1. The molecule has 1 rings (SSSR count). The van der Waals surface area contributed by atoms with Gasteiger partial charge in [0.15, 0.2) is 0 Å². The second-order valence-electron chi connectivity index (χ2n) is 3.99. The van der Waals surface area contributed by atoms with Crippen LogP contribution in [0.2, 0.25) is 0 Å². The molecule has 3 heteroatoms. The SMILES string of the molecule is Cc1cc(O)ccc1CCC(CN)CN. The van der Waals surface area contributed by atoms with Crippen LogP contribution in [-0.4, -0.2) is 18.2 Å². The lowest BCUT2D eigenvalue weighted by atomic mass is 9.97. The Labute approximate surface area is 91.1 Å². The molecule has 0 aliphatic carbocycles. The summed E-state index contributed by atoms with van der Waals surface area (Å²) >= 11 is 0. The Morgan fingerprint density at radius 2 is 1.93 bits per heavy atom. The van der Waals surface area contributed by atoms with Crippen molar-refractivity contribution in [2.24, 2.45) is 17.4 Å². The van der Waals surface area contributed by atoms with Crippen LogP contribution in [0.3, 0.4) is 0 Å². The molecule has 0 radical (unpaired) electrons. The molecule has 0 saturated carbocycles. The highest BCUT2D eigenvalue weighted by atomic mass is 16.3. The van der Waals surface area contributed by atoms with Crippen molar-refractivity contribution in [1.29, 1.82) is 0 Å². The smallest absolute Gasteiger partial charge is 0.115 e. The van der Waals surface area contributed by atoms with E-state index in [-0.39, 0.29) is 0 Å². The summed E-state index contributed by atoms with van der Waals surface area (Å²) in [7, 11) is 0. The summed E-state index contributed by atoms with van der Waals surface area (Å²) in [4.78, 5) is 0. The highest BCUT2D eigenvalue weighted by molar-refractivity contribution is 5.33. The van der Waals surface area contributed by atoms with Crippen LogP contribution in [0, 0.1) is 12.8 Å². The van der Waals surface area contributed by atoms with Crippen molar-refractivity contribution in [3.05, 3.63) is 29.3 Å². The predicted molar refractivity (Wildman–Crippen MR) is 62.8 cm³/mol. The van der Waals surface area contributed by atoms with E-state index in [1.54, 1.807) is 12.1 Å². The van der Waals surface area contributed by atoms with Crippen LogP contribution in [0.1, 0.15) is 17.5 Å². The van der Waals surface area contributed by atoms with Gasteiger partial charge in [0, 0.05) is 0 Å². The fourth-order valence-corrected chi connectivity index (χ4v) is 1.65. The van der Waals surface area contributed by atoms with Gasteiger partial charge in [0.05, 0.1) is 0 Å². The number of aromatic hydroxyl groups is 1. The van der Waals surface area contributed by atoms with Gasteiger partial charge in [0.2, 0.25) is 0 Å². The molecular formula is C12H20N2O. The minimum Gasteiger partial charge on any atom is -0.508 e. The average molecular weight is 208 g/mol. The Hall–Kier alpha value is -1.06. The van der Waals surface area contributed by atoms with Crippen molar-refractivity contribution in [3.8, 4) is 5.75 Å². The summed E-state index contributed by atoms with van der Waals surface area (Å²) in [6.07, 6.45) is 1.99. The topological polar surface area (TPSA) is 72.3 Å². The van der Waals surface area contributed by atoms with E-state index < -0.39 is 0 Å². The molecule has 0 spiro atoms. The van der Waals surface area contributed by atoms with E-state index in [4.69, 9.17) is 11.5 Å². The van der Waals surface area contributed by atoms with Gasteiger partial charge in [-0.1, -0.05) is 6.07 Å². The summed E-state index contributed by atoms with van der Waals surface area (Å²) in [6.45, 7) is 3.30. The van der Waals surface area contributed by atoms with Crippen molar-refractivity contribution < 1.29 is 5.11 Å². The van der Waals surface area contributed by atoms with E-state index in [1.807, 2.05) is 13.0 Å². The monoisotopic (exact) mass is 208 g/mol. The molecule has 0 atom stereocenters. The van der Waals surface area contributed by atoms with Crippen LogP contribution in [-0.2, 0) is 6.42 Å². The second-order valence-corrected chi connectivity index (χ2v) is 3.99. The fraction of sp³-hybridized carbons (Fsp3) is 0.500. The van der Waals surface area contributed by atoms with Gasteiger partial charge in [-0.25, -0.2) is 0 Å². The third-order valence-corrected chi connectivity index (χ3v) is 2.81. The van der Waals surface area contributed by atoms with Crippen molar-refractivity contribution >= 4 is 0 Å². The lowest BCUT2D eigenvalue weighted by Gasteiger charge is -2.12. The molecule has 0 heterocycles. The summed E-state index contributed by atoms with van der Waals surface area (Å²) < 4.78 is 0. The van der Waals surface area contributed by atoms with Gasteiger partial charge in [-0.2, -0.15) is 0 Å². The van der Waals surface area contributed by atoms with Gasteiger partial charge in [0.25, 0.3) is 0 Å². The maximum absolute atomic E-state index is 9.27. The number of nitrogens with two attached hydrogens (primary N) is 2. The van der Waals surface area contributed by atoms with Gasteiger partial charge < -0.3 is 16.6 Å². The molecule has 15 heavy (non-hydrogen) atoms.